The number of fused-ring (bicyclic) bond motifs is 1. The largest absolute Gasteiger partial charge is 0.482 e. The summed E-state index contributed by atoms with van der Waals surface area (Å²) in [6, 6.07) is 28.4. The second-order valence-electron chi connectivity index (χ2n) is 9.48. The number of halogens is 2. The maximum absolute atomic E-state index is 13.8. The smallest absolute Gasteiger partial charge is 0.261 e. The molecule has 0 fully saturated rings. The first-order valence-electron chi connectivity index (χ1n) is 13.1. The second kappa shape index (κ2) is 13.4. The highest BCUT2D eigenvalue weighted by Crippen LogP contribution is 2.32. The molecule has 0 aromatic heterocycles. The minimum atomic E-state index is -0.829. The molecule has 1 atom stereocenters. The van der Waals surface area contributed by atoms with Crippen LogP contribution in [0.1, 0.15) is 16.7 Å². The van der Waals surface area contributed by atoms with Gasteiger partial charge in [0.25, 0.3) is 5.91 Å². The number of ether oxygens (including phenoxy) is 3. The van der Waals surface area contributed by atoms with E-state index in [9.17, 15) is 9.59 Å². The number of nitrogens with one attached hydrogen (secondary N) is 1. The van der Waals surface area contributed by atoms with Crippen LogP contribution in [0.3, 0.4) is 0 Å². The number of amides is 2. The summed E-state index contributed by atoms with van der Waals surface area (Å²) in [5, 5.41) is 3.99. The predicted octanol–water partition coefficient (Wildman–Crippen LogP) is 6.06. The van der Waals surface area contributed by atoms with Crippen molar-refractivity contribution < 1.29 is 23.8 Å². The molecule has 0 radical (unpaired) electrons. The van der Waals surface area contributed by atoms with Crippen LogP contribution in [-0.2, 0) is 29.1 Å². The predicted molar refractivity (Wildman–Crippen MR) is 157 cm³/mol. The molecular weight excluding hydrogens is 563 g/mol. The standard InChI is InChI=1S/C32H28Cl2N2O5/c33-25-13-10-23(11-14-25)19-36(31(37)20-39-28-9-5-4-8-26(28)34)27(16-22-6-2-1-3-7-22)32(38)35-18-24-12-15-29-30(17-24)41-21-40-29/h1-15,17,27H,16,18-21H2,(H,35,38). The van der Waals surface area contributed by atoms with Crippen molar-refractivity contribution in [1.82, 2.24) is 10.2 Å². The van der Waals surface area contributed by atoms with Gasteiger partial charge in [0.15, 0.2) is 18.1 Å². The zero-order chi connectivity index (χ0) is 28.6. The summed E-state index contributed by atoms with van der Waals surface area (Å²) >= 11 is 12.3. The van der Waals surface area contributed by atoms with E-state index in [2.05, 4.69) is 5.32 Å². The summed E-state index contributed by atoms with van der Waals surface area (Å²) in [5.74, 6) is 1.03. The van der Waals surface area contributed by atoms with Crippen molar-refractivity contribution in [2.45, 2.75) is 25.6 Å². The molecule has 7 nitrogen and oxygen atoms in total. The van der Waals surface area contributed by atoms with Crippen molar-refractivity contribution in [3.63, 3.8) is 0 Å². The average molecular weight is 591 g/mol. The van der Waals surface area contributed by atoms with E-state index in [-0.39, 0.29) is 38.3 Å². The maximum atomic E-state index is 13.8. The Balaban J connectivity index is 1.40. The first kappa shape index (κ1) is 28.3. The van der Waals surface area contributed by atoms with E-state index in [1.807, 2.05) is 60.7 Å². The molecule has 4 aromatic rings. The molecule has 0 saturated heterocycles. The van der Waals surface area contributed by atoms with Crippen molar-refractivity contribution in [2.75, 3.05) is 13.4 Å². The van der Waals surface area contributed by atoms with Gasteiger partial charge < -0.3 is 24.4 Å². The van der Waals surface area contributed by atoms with Crippen molar-refractivity contribution in [3.8, 4) is 17.2 Å². The average Bonchev–Trinajstić information content (AvgIpc) is 3.47. The van der Waals surface area contributed by atoms with Gasteiger partial charge in [0.05, 0.1) is 5.02 Å². The van der Waals surface area contributed by atoms with Crippen LogP contribution in [0.4, 0.5) is 0 Å². The first-order valence-corrected chi connectivity index (χ1v) is 13.8. The number of nitrogens with zero attached hydrogens (tertiary/aromatic N) is 1. The van der Waals surface area contributed by atoms with Crippen molar-refractivity contribution in [3.05, 3.63) is 124 Å². The summed E-state index contributed by atoms with van der Waals surface area (Å²) in [7, 11) is 0. The van der Waals surface area contributed by atoms with Crippen LogP contribution in [0.5, 0.6) is 17.2 Å². The van der Waals surface area contributed by atoms with Crippen molar-refractivity contribution in [2.24, 2.45) is 0 Å². The molecule has 4 aromatic carbocycles. The van der Waals surface area contributed by atoms with Gasteiger partial charge in [-0.15, -0.1) is 0 Å². The summed E-state index contributed by atoms with van der Waals surface area (Å²) < 4.78 is 16.6. The molecule has 1 aliphatic heterocycles. The molecule has 0 spiro atoms. The van der Waals surface area contributed by atoms with Gasteiger partial charge in [0, 0.05) is 24.5 Å². The Morgan fingerprint density at radius 1 is 0.829 bits per heavy atom. The fourth-order valence-electron chi connectivity index (χ4n) is 4.48. The zero-order valence-electron chi connectivity index (χ0n) is 22.1. The van der Waals surface area contributed by atoms with E-state index in [1.165, 1.54) is 0 Å². The van der Waals surface area contributed by atoms with Crippen LogP contribution in [0.15, 0.2) is 97.1 Å². The summed E-state index contributed by atoms with van der Waals surface area (Å²) in [5.41, 5.74) is 2.58. The van der Waals surface area contributed by atoms with Crippen LogP contribution < -0.4 is 19.5 Å². The monoisotopic (exact) mass is 590 g/mol. The number of hydrogen-bond donors (Lipinski definition) is 1. The molecule has 1 aliphatic rings. The fourth-order valence-corrected chi connectivity index (χ4v) is 4.80. The van der Waals surface area contributed by atoms with Gasteiger partial charge in [-0.2, -0.15) is 0 Å². The Morgan fingerprint density at radius 2 is 1.54 bits per heavy atom. The number of hydrogen-bond acceptors (Lipinski definition) is 5. The molecule has 1 unspecified atom stereocenters. The lowest BCUT2D eigenvalue weighted by Crippen LogP contribution is -2.51. The van der Waals surface area contributed by atoms with Crippen LogP contribution in [0.2, 0.25) is 10.0 Å². The Morgan fingerprint density at radius 3 is 2.32 bits per heavy atom. The molecule has 210 valence electrons. The normalized spacial score (nSPS) is 12.4. The molecule has 5 rings (SSSR count). The van der Waals surface area contributed by atoms with E-state index in [0.717, 1.165) is 16.7 Å². The Hall–Kier alpha value is -4.20. The molecule has 41 heavy (non-hydrogen) atoms. The summed E-state index contributed by atoms with van der Waals surface area (Å²) in [4.78, 5) is 29.1. The van der Waals surface area contributed by atoms with E-state index < -0.39 is 6.04 Å². The molecule has 0 bridgehead atoms. The lowest BCUT2D eigenvalue weighted by molar-refractivity contribution is -0.142. The second-order valence-corrected chi connectivity index (χ2v) is 10.3. The van der Waals surface area contributed by atoms with E-state index >= 15 is 0 Å². The molecule has 1 heterocycles. The highest BCUT2D eigenvalue weighted by Gasteiger charge is 2.31. The van der Waals surface area contributed by atoms with Crippen LogP contribution in [0, 0.1) is 0 Å². The van der Waals surface area contributed by atoms with Crippen LogP contribution in [0.25, 0.3) is 0 Å². The molecule has 0 aliphatic carbocycles. The van der Waals surface area contributed by atoms with Crippen molar-refractivity contribution in [1.29, 1.82) is 0 Å². The van der Waals surface area contributed by atoms with Gasteiger partial charge in [0.2, 0.25) is 12.7 Å². The molecule has 9 heteroatoms. The highest BCUT2D eigenvalue weighted by molar-refractivity contribution is 6.32. The third-order valence-corrected chi connectivity index (χ3v) is 7.19. The SMILES string of the molecule is O=C(NCc1ccc2c(c1)OCO2)C(Cc1ccccc1)N(Cc1ccc(Cl)cc1)C(=O)COc1ccccc1Cl. The van der Waals surface area contributed by atoms with Gasteiger partial charge in [-0.1, -0.05) is 83.9 Å². The Kier molecular flexibility index (Phi) is 9.29. The fraction of sp³-hybridized carbons (Fsp3) is 0.188. The zero-order valence-corrected chi connectivity index (χ0v) is 23.6. The lowest BCUT2D eigenvalue weighted by Gasteiger charge is -2.31. The van der Waals surface area contributed by atoms with Crippen LogP contribution >= 0.6 is 23.2 Å². The van der Waals surface area contributed by atoms with E-state index in [4.69, 9.17) is 37.4 Å². The van der Waals surface area contributed by atoms with E-state index in [1.54, 1.807) is 41.3 Å². The third-order valence-electron chi connectivity index (χ3n) is 6.63. The summed E-state index contributed by atoms with van der Waals surface area (Å²) in [6.07, 6.45) is 0.305. The topological polar surface area (TPSA) is 77.1 Å². The Bertz CT molecular complexity index is 1500. The number of carbonyl (C=O) groups is 2. The van der Waals surface area contributed by atoms with Gasteiger partial charge in [-0.25, -0.2) is 0 Å². The number of rotatable bonds is 11. The minimum absolute atomic E-state index is 0.169. The lowest BCUT2D eigenvalue weighted by atomic mass is 10.0. The van der Waals surface area contributed by atoms with Gasteiger partial charge in [0.1, 0.15) is 11.8 Å². The first-order chi connectivity index (χ1) is 20.0. The highest BCUT2D eigenvalue weighted by atomic mass is 35.5. The Labute approximate surface area is 248 Å². The summed E-state index contributed by atoms with van der Waals surface area (Å²) in [6.45, 7) is 0.303. The van der Waals surface area contributed by atoms with Gasteiger partial charge in [-0.3, -0.25) is 9.59 Å². The maximum Gasteiger partial charge on any atom is 0.261 e. The molecule has 0 saturated carbocycles. The van der Waals surface area contributed by atoms with Gasteiger partial charge >= 0.3 is 0 Å². The van der Waals surface area contributed by atoms with Gasteiger partial charge in [-0.05, 0) is 53.1 Å². The number of carbonyl (C=O) groups excluding carboxylic acids is 2. The van der Waals surface area contributed by atoms with E-state index in [0.29, 0.717) is 33.7 Å². The quantitative estimate of drug-likeness (QED) is 0.230. The number of benzene rings is 4. The molecular formula is C32H28Cl2N2O5. The molecule has 2 amide bonds. The molecule has 1 N–H and O–H groups in total. The number of para-hydroxylation sites is 1. The van der Waals surface area contributed by atoms with Crippen LogP contribution in [-0.4, -0.2) is 36.2 Å². The third kappa shape index (κ3) is 7.51. The van der Waals surface area contributed by atoms with Crippen molar-refractivity contribution >= 4 is 35.0 Å². The minimum Gasteiger partial charge on any atom is -0.482 e.